The summed E-state index contributed by atoms with van der Waals surface area (Å²) in [6.45, 7) is 10.7. The third-order valence-corrected chi connectivity index (χ3v) is 5.23. The molecule has 0 saturated heterocycles. The van der Waals surface area contributed by atoms with Crippen LogP contribution in [0.2, 0.25) is 0 Å². The topological polar surface area (TPSA) is 21.3 Å². The van der Waals surface area contributed by atoms with Gasteiger partial charge < -0.3 is 10.1 Å². The van der Waals surface area contributed by atoms with Crippen molar-refractivity contribution in [1.29, 1.82) is 0 Å². The van der Waals surface area contributed by atoms with Crippen molar-refractivity contribution in [3.05, 3.63) is 24.4 Å². The van der Waals surface area contributed by atoms with E-state index < -0.39 is 0 Å². The van der Waals surface area contributed by atoms with Crippen molar-refractivity contribution in [1.82, 2.24) is 5.32 Å². The number of ether oxygens (including phenoxy) is 1. The summed E-state index contributed by atoms with van der Waals surface area (Å²) >= 11 is 0. The monoisotopic (exact) mass is 335 g/mol. The second-order valence-corrected chi connectivity index (χ2v) is 8.07. The van der Waals surface area contributed by atoms with Crippen LogP contribution >= 0.6 is 0 Å². The third kappa shape index (κ3) is 9.39. The number of allylic oxidation sites excluding steroid dienone is 1. The van der Waals surface area contributed by atoms with Crippen molar-refractivity contribution in [2.45, 2.75) is 111 Å². The molecule has 2 heteroatoms. The van der Waals surface area contributed by atoms with Gasteiger partial charge in [-0.2, -0.15) is 0 Å². The molecular formula is C22H41NO. The standard InChI is InChI=1S/C22H41NO/c1-5-6-7-8-9-10-11-12-13-14-15-16-17-18-22(3,4)21-19-24-20(2)23-21/h19,23H,2,5-18H2,1,3-4H3. The highest BCUT2D eigenvalue weighted by molar-refractivity contribution is 5.16. The summed E-state index contributed by atoms with van der Waals surface area (Å²) in [6.07, 6.45) is 21.4. The van der Waals surface area contributed by atoms with Crippen molar-refractivity contribution < 1.29 is 4.74 Å². The molecule has 2 nitrogen and oxygen atoms in total. The first-order valence-electron chi connectivity index (χ1n) is 10.4. The molecule has 0 radical (unpaired) electrons. The van der Waals surface area contributed by atoms with Crippen molar-refractivity contribution in [3.63, 3.8) is 0 Å². The van der Waals surface area contributed by atoms with E-state index in [-0.39, 0.29) is 5.41 Å². The quantitative estimate of drug-likeness (QED) is 0.314. The van der Waals surface area contributed by atoms with Crippen molar-refractivity contribution in [3.8, 4) is 0 Å². The first-order chi connectivity index (χ1) is 11.6. The first kappa shape index (κ1) is 21.1. The van der Waals surface area contributed by atoms with E-state index in [0.29, 0.717) is 5.88 Å². The maximum absolute atomic E-state index is 5.30. The van der Waals surface area contributed by atoms with Crippen LogP contribution in [-0.2, 0) is 4.74 Å². The molecular weight excluding hydrogens is 294 g/mol. The van der Waals surface area contributed by atoms with Crippen molar-refractivity contribution in [2.24, 2.45) is 5.41 Å². The van der Waals surface area contributed by atoms with Crippen molar-refractivity contribution in [2.75, 3.05) is 0 Å². The Kier molecular flexibility index (Phi) is 11.0. The Bertz CT molecular complexity index is 370. The molecule has 1 heterocycles. The Morgan fingerprint density at radius 2 is 1.29 bits per heavy atom. The zero-order chi connectivity index (χ0) is 17.7. The van der Waals surface area contributed by atoms with E-state index in [1.807, 2.05) is 6.26 Å². The van der Waals surface area contributed by atoms with E-state index in [9.17, 15) is 0 Å². The lowest BCUT2D eigenvalue weighted by molar-refractivity contribution is 0.359. The zero-order valence-corrected chi connectivity index (χ0v) is 16.6. The summed E-state index contributed by atoms with van der Waals surface area (Å²) in [5.41, 5.74) is 1.34. The van der Waals surface area contributed by atoms with Crippen LogP contribution in [0.25, 0.3) is 0 Å². The molecule has 0 aromatic rings. The van der Waals surface area contributed by atoms with Gasteiger partial charge in [0.25, 0.3) is 0 Å². The highest BCUT2D eigenvalue weighted by atomic mass is 16.5. The van der Waals surface area contributed by atoms with Crippen LogP contribution in [0.15, 0.2) is 24.4 Å². The average Bonchev–Trinajstić information content (AvgIpc) is 2.99. The van der Waals surface area contributed by atoms with E-state index >= 15 is 0 Å². The summed E-state index contributed by atoms with van der Waals surface area (Å²) in [5, 5.41) is 3.24. The molecule has 0 saturated carbocycles. The SMILES string of the molecule is C=C1NC(C(C)(C)CCCCCCCCCCCCCCC)=CO1. The van der Waals surface area contributed by atoms with Gasteiger partial charge in [0.2, 0.25) is 0 Å². The van der Waals surface area contributed by atoms with Gasteiger partial charge in [-0.05, 0) is 13.0 Å². The lowest BCUT2D eigenvalue weighted by Crippen LogP contribution is -2.22. The minimum atomic E-state index is 0.164. The second kappa shape index (κ2) is 12.4. The predicted octanol–water partition coefficient (Wildman–Crippen LogP) is 7.43. The Morgan fingerprint density at radius 1 is 0.833 bits per heavy atom. The molecule has 0 spiro atoms. The largest absolute Gasteiger partial charge is 0.448 e. The average molecular weight is 336 g/mol. The Morgan fingerprint density at radius 3 is 1.71 bits per heavy atom. The van der Waals surface area contributed by atoms with Crippen LogP contribution in [0.1, 0.15) is 111 Å². The van der Waals surface area contributed by atoms with Gasteiger partial charge in [-0.25, -0.2) is 0 Å². The molecule has 0 aromatic carbocycles. The van der Waals surface area contributed by atoms with E-state index in [0.717, 1.165) is 0 Å². The van der Waals surface area contributed by atoms with Gasteiger partial charge in [-0.15, -0.1) is 0 Å². The summed E-state index contributed by atoms with van der Waals surface area (Å²) in [4.78, 5) is 0. The fourth-order valence-corrected chi connectivity index (χ4v) is 3.39. The highest BCUT2D eigenvalue weighted by Gasteiger charge is 2.26. The summed E-state index contributed by atoms with van der Waals surface area (Å²) in [6, 6.07) is 0. The molecule has 0 fully saturated rings. The lowest BCUT2D eigenvalue weighted by atomic mass is 9.84. The molecule has 24 heavy (non-hydrogen) atoms. The first-order valence-corrected chi connectivity index (χ1v) is 10.4. The van der Waals surface area contributed by atoms with Crippen LogP contribution in [0.3, 0.4) is 0 Å². The van der Waals surface area contributed by atoms with Gasteiger partial charge >= 0.3 is 0 Å². The number of hydrogen-bond acceptors (Lipinski definition) is 2. The van der Waals surface area contributed by atoms with Gasteiger partial charge in [0.15, 0.2) is 5.88 Å². The Balaban J connectivity index is 1.88. The van der Waals surface area contributed by atoms with E-state index in [1.54, 1.807) is 0 Å². The lowest BCUT2D eigenvalue weighted by Gasteiger charge is -2.25. The molecule has 0 bridgehead atoms. The molecule has 0 amide bonds. The van der Waals surface area contributed by atoms with Gasteiger partial charge in [-0.3, -0.25) is 0 Å². The molecule has 0 unspecified atom stereocenters. The summed E-state index contributed by atoms with van der Waals surface area (Å²) in [7, 11) is 0. The molecule has 1 aliphatic heterocycles. The highest BCUT2D eigenvalue weighted by Crippen LogP contribution is 2.33. The minimum absolute atomic E-state index is 0.164. The molecule has 0 atom stereocenters. The van der Waals surface area contributed by atoms with Crippen LogP contribution in [0, 0.1) is 5.41 Å². The molecule has 1 N–H and O–H groups in total. The fraction of sp³-hybridized carbons (Fsp3) is 0.818. The second-order valence-electron chi connectivity index (χ2n) is 8.07. The maximum Gasteiger partial charge on any atom is 0.189 e. The molecule has 0 aliphatic carbocycles. The Labute approximate surface area is 151 Å². The van der Waals surface area contributed by atoms with E-state index in [4.69, 9.17) is 4.74 Å². The summed E-state index contributed by atoms with van der Waals surface area (Å²) < 4.78 is 5.30. The number of rotatable bonds is 15. The van der Waals surface area contributed by atoms with Crippen molar-refractivity contribution >= 4 is 0 Å². The molecule has 0 aromatic heterocycles. The maximum atomic E-state index is 5.30. The summed E-state index contributed by atoms with van der Waals surface area (Å²) in [5.74, 6) is 0.656. The normalized spacial score (nSPS) is 14.5. The fourth-order valence-electron chi connectivity index (χ4n) is 3.39. The third-order valence-electron chi connectivity index (χ3n) is 5.23. The van der Waals surface area contributed by atoms with Crippen LogP contribution < -0.4 is 5.32 Å². The van der Waals surface area contributed by atoms with Crippen LogP contribution in [0.4, 0.5) is 0 Å². The number of hydrogen-bond donors (Lipinski definition) is 1. The zero-order valence-electron chi connectivity index (χ0n) is 16.6. The smallest absolute Gasteiger partial charge is 0.189 e. The van der Waals surface area contributed by atoms with Gasteiger partial charge in [0.05, 0.1) is 5.70 Å². The van der Waals surface area contributed by atoms with Crippen LogP contribution in [0.5, 0.6) is 0 Å². The predicted molar refractivity (Wildman–Crippen MR) is 106 cm³/mol. The van der Waals surface area contributed by atoms with Gasteiger partial charge in [0, 0.05) is 5.41 Å². The molecule has 1 rings (SSSR count). The Hall–Kier alpha value is -0.920. The van der Waals surface area contributed by atoms with E-state index in [2.05, 4.69) is 32.7 Å². The number of nitrogens with one attached hydrogen (secondary N) is 1. The van der Waals surface area contributed by atoms with Crippen LogP contribution in [-0.4, -0.2) is 0 Å². The van der Waals surface area contributed by atoms with Gasteiger partial charge in [0.1, 0.15) is 6.26 Å². The molecule has 140 valence electrons. The number of unbranched alkanes of at least 4 members (excludes halogenated alkanes) is 12. The minimum Gasteiger partial charge on any atom is -0.448 e. The molecule has 1 aliphatic rings. The van der Waals surface area contributed by atoms with Gasteiger partial charge in [-0.1, -0.05) is 104 Å². The van der Waals surface area contributed by atoms with E-state index in [1.165, 1.54) is 95.6 Å².